The Morgan fingerprint density at radius 1 is 1.39 bits per heavy atom. The minimum Gasteiger partial charge on any atom is -0.355 e. The van der Waals surface area contributed by atoms with Crippen LogP contribution in [-0.4, -0.2) is 43.0 Å². The van der Waals surface area contributed by atoms with Crippen molar-refractivity contribution < 1.29 is 4.79 Å². The Balaban J connectivity index is 4.33. The molecule has 1 unspecified atom stereocenters. The van der Waals surface area contributed by atoms with E-state index in [4.69, 9.17) is 5.73 Å². The molecule has 1 atom stereocenters. The fourth-order valence-corrected chi connectivity index (χ4v) is 1.84. The van der Waals surface area contributed by atoms with Crippen LogP contribution in [-0.2, 0) is 4.79 Å². The number of carbonyl (C=O) groups is 1. The Morgan fingerprint density at radius 3 is 2.44 bits per heavy atom. The maximum atomic E-state index is 12.0. The van der Waals surface area contributed by atoms with E-state index in [1.54, 1.807) is 0 Å². The van der Waals surface area contributed by atoms with Gasteiger partial charge in [-0.1, -0.05) is 34.1 Å². The van der Waals surface area contributed by atoms with Gasteiger partial charge in [0.05, 0.1) is 6.04 Å². The molecule has 0 aliphatic heterocycles. The van der Waals surface area contributed by atoms with Crippen molar-refractivity contribution in [2.24, 2.45) is 11.1 Å². The van der Waals surface area contributed by atoms with Crippen LogP contribution < -0.4 is 11.1 Å². The van der Waals surface area contributed by atoms with E-state index in [1.807, 2.05) is 6.92 Å². The second kappa shape index (κ2) is 8.48. The maximum absolute atomic E-state index is 12.0. The van der Waals surface area contributed by atoms with E-state index in [1.165, 1.54) is 0 Å². The summed E-state index contributed by atoms with van der Waals surface area (Å²) in [5.41, 5.74) is 5.81. The Labute approximate surface area is 112 Å². The lowest BCUT2D eigenvalue weighted by molar-refractivity contribution is -0.126. The van der Waals surface area contributed by atoms with Gasteiger partial charge < -0.3 is 11.1 Å². The van der Waals surface area contributed by atoms with E-state index < -0.39 is 0 Å². The van der Waals surface area contributed by atoms with Gasteiger partial charge in [0.25, 0.3) is 0 Å². The monoisotopic (exact) mass is 257 g/mol. The van der Waals surface area contributed by atoms with Crippen molar-refractivity contribution in [3.05, 3.63) is 0 Å². The number of hydrogen-bond acceptors (Lipinski definition) is 3. The molecule has 0 aliphatic carbocycles. The van der Waals surface area contributed by atoms with Crippen LogP contribution in [0.3, 0.4) is 0 Å². The first-order valence-electron chi connectivity index (χ1n) is 7.09. The van der Waals surface area contributed by atoms with Crippen LogP contribution >= 0.6 is 0 Å². The molecule has 0 aromatic carbocycles. The zero-order chi connectivity index (χ0) is 14.2. The molecule has 0 fully saturated rings. The smallest absolute Gasteiger partial charge is 0.237 e. The first-order valence-corrected chi connectivity index (χ1v) is 7.09. The number of hydrogen-bond donors (Lipinski definition) is 2. The molecule has 0 rings (SSSR count). The van der Waals surface area contributed by atoms with Crippen LogP contribution in [0.2, 0.25) is 0 Å². The Bertz CT molecular complexity index is 241. The second-order valence-electron chi connectivity index (χ2n) is 5.75. The first kappa shape index (κ1) is 17.4. The molecule has 0 aliphatic rings. The summed E-state index contributed by atoms with van der Waals surface area (Å²) in [7, 11) is 0. The summed E-state index contributed by atoms with van der Waals surface area (Å²) in [6.07, 6.45) is 2.14. The zero-order valence-corrected chi connectivity index (χ0v) is 12.8. The molecule has 0 radical (unpaired) electrons. The first-order chi connectivity index (χ1) is 8.37. The fraction of sp³-hybridized carbons (Fsp3) is 0.929. The van der Waals surface area contributed by atoms with Gasteiger partial charge in [-0.3, -0.25) is 9.69 Å². The van der Waals surface area contributed by atoms with Crippen LogP contribution in [0.5, 0.6) is 0 Å². The molecule has 18 heavy (non-hydrogen) atoms. The quantitative estimate of drug-likeness (QED) is 0.617. The molecule has 0 saturated heterocycles. The third-order valence-corrected chi connectivity index (χ3v) is 3.35. The molecule has 0 spiro atoms. The Hall–Kier alpha value is -0.610. The van der Waals surface area contributed by atoms with E-state index in [0.717, 1.165) is 32.5 Å². The third-order valence-electron chi connectivity index (χ3n) is 3.35. The van der Waals surface area contributed by atoms with E-state index in [9.17, 15) is 4.79 Å². The molecule has 1 amide bonds. The molecular weight excluding hydrogens is 226 g/mol. The van der Waals surface area contributed by atoms with Gasteiger partial charge >= 0.3 is 0 Å². The molecule has 3 N–H and O–H groups in total. The van der Waals surface area contributed by atoms with E-state index in [2.05, 4.69) is 37.9 Å². The minimum atomic E-state index is -0.0855. The van der Waals surface area contributed by atoms with Crippen LogP contribution in [0, 0.1) is 5.41 Å². The second-order valence-corrected chi connectivity index (χ2v) is 5.75. The number of likely N-dealkylation sites (N-methyl/N-ethyl adjacent to an activating group) is 1. The van der Waals surface area contributed by atoms with E-state index in [0.29, 0.717) is 6.54 Å². The summed E-state index contributed by atoms with van der Waals surface area (Å²) in [5, 5.41) is 2.99. The highest BCUT2D eigenvalue weighted by molar-refractivity contribution is 5.81. The summed E-state index contributed by atoms with van der Waals surface area (Å²) in [5.74, 6) is 0.123. The molecular formula is C14H31N3O. The van der Waals surface area contributed by atoms with E-state index in [-0.39, 0.29) is 17.4 Å². The number of carbonyl (C=O) groups excluding carboxylic acids is 1. The predicted molar refractivity (Wildman–Crippen MR) is 77.5 cm³/mol. The van der Waals surface area contributed by atoms with Gasteiger partial charge in [-0.2, -0.15) is 0 Å². The summed E-state index contributed by atoms with van der Waals surface area (Å²) in [4.78, 5) is 14.2. The van der Waals surface area contributed by atoms with Gasteiger partial charge in [0.15, 0.2) is 0 Å². The zero-order valence-electron chi connectivity index (χ0n) is 12.8. The van der Waals surface area contributed by atoms with Crippen molar-refractivity contribution in [3.63, 3.8) is 0 Å². The highest BCUT2D eigenvalue weighted by atomic mass is 16.2. The van der Waals surface area contributed by atoms with Crippen molar-refractivity contribution in [2.75, 3.05) is 26.2 Å². The van der Waals surface area contributed by atoms with Gasteiger partial charge in [-0.15, -0.1) is 0 Å². The van der Waals surface area contributed by atoms with Gasteiger partial charge in [0, 0.05) is 13.1 Å². The highest BCUT2D eigenvalue weighted by Gasteiger charge is 2.25. The van der Waals surface area contributed by atoms with Crippen molar-refractivity contribution in [2.45, 2.75) is 53.5 Å². The lowest BCUT2D eigenvalue weighted by Crippen LogP contribution is -2.49. The molecule has 4 heteroatoms. The fourth-order valence-electron chi connectivity index (χ4n) is 1.84. The van der Waals surface area contributed by atoms with Gasteiger partial charge in [0.2, 0.25) is 5.91 Å². The minimum absolute atomic E-state index is 0.0496. The maximum Gasteiger partial charge on any atom is 0.237 e. The topological polar surface area (TPSA) is 58.4 Å². The predicted octanol–water partition coefficient (Wildman–Crippen LogP) is 1.60. The summed E-state index contributed by atoms with van der Waals surface area (Å²) in [6, 6.07) is -0.0855. The van der Waals surface area contributed by atoms with Crippen molar-refractivity contribution >= 4 is 5.91 Å². The molecule has 0 aromatic rings. The molecule has 0 heterocycles. The van der Waals surface area contributed by atoms with Gasteiger partial charge in [-0.05, 0) is 31.8 Å². The molecule has 0 bridgehead atoms. The molecule has 0 saturated carbocycles. The molecule has 4 nitrogen and oxygen atoms in total. The summed E-state index contributed by atoms with van der Waals surface area (Å²) in [6.45, 7) is 13.6. The van der Waals surface area contributed by atoms with Crippen LogP contribution in [0.25, 0.3) is 0 Å². The highest BCUT2D eigenvalue weighted by Crippen LogP contribution is 2.16. The number of unbranched alkanes of at least 4 members (excludes halogenated alkanes) is 1. The standard InChI is InChI=1S/C14H31N3O/c1-6-8-9-16-13(18)12(3)17(7-2)11-14(4,5)10-15/h12H,6-11,15H2,1-5H3,(H,16,18). The van der Waals surface area contributed by atoms with Crippen molar-refractivity contribution in [1.29, 1.82) is 0 Å². The average molecular weight is 257 g/mol. The number of rotatable bonds is 9. The van der Waals surface area contributed by atoms with Crippen LogP contribution in [0.4, 0.5) is 0 Å². The number of nitrogens with two attached hydrogens (primary N) is 1. The normalized spacial score (nSPS) is 13.7. The van der Waals surface area contributed by atoms with Gasteiger partial charge in [0.1, 0.15) is 0 Å². The largest absolute Gasteiger partial charge is 0.355 e. The van der Waals surface area contributed by atoms with Crippen molar-refractivity contribution in [1.82, 2.24) is 10.2 Å². The van der Waals surface area contributed by atoms with Gasteiger partial charge in [-0.25, -0.2) is 0 Å². The van der Waals surface area contributed by atoms with Crippen LogP contribution in [0.15, 0.2) is 0 Å². The summed E-state index contributed by atoms with van der Waals surface area (Å²) >= 11 is 0. The van der Waals surface area contributed by atoms with Crippen molar-refractivity contribution in [3.8, 4) is 0 Å². The molecule has 0 aromatic heterocycles. The Morgan fingerprint density at radius 2 is 2.00 bits per heavy atom. The third kappa shape index (κ3) is 6.36. The molecule has 108 valence electrons. The van der Waals surface area contributed by atoms with E-state index >= 15 is 0 Å². The Kier molecular flexibility index (Phi) is 8.20. The summed E-state index contributed by atoms with van der Waals surface area (Å²) < 4.78 is 0. The SMILES string of the molecule is CCCCNC(=O)C(C)N(CC)CC(C)(C)CN. The lowest BCUT2D eigenvalue weighted by atomic mass is 9.92. The van der Waals surface area contributed by atoms with Crippen LogP contribution in [0.1, 0.15) is 47.5 Å². The number of nitrogens with zero attached hydrogens (tertiary/aromatic N) is 1. The average Bonchev–Trinajstić information content (AvgIpc) is 2.35. The number of nitrogens with one attached hydrogen (secondary N) is 1. The number of amides is 1. The lowest BCUT2D eigenvalue weighted by Gasteiger charge is -2.34.